The van der Waals surface area contributed by atoms with Gasteiger partial charge in [-0.3, -0.25) is 0 Å². The van der Waals surface area contributed by atoms with Crippen LogP contribution in [0.2, 0.25) is 0 Å². The van der Waals surface area contributed by atoms with E-state index in [0.717, 1.165) is 14.2 Å². The van der Waals surface area contributed by atoms with Gasteiger partial charge < -0.3 is 9.63 Å². The molecule has 2 aromatic heterocycles. The molecule has 4 nitrogen and oxygen atoms in total. The maximum absolute atomic E-state index is 9.22. The van der Waals surface area contributed by atoms with Gasteiger partial charge in [0.05, 0.1) is 15.1 Å². The van der Waals surface area contributed by atoms with Gasteiger partial charge in [0, 0.05) is 0 Å². The minimum absolute atomic E-state index is 0.249. The number of aromatic nitrogens is 2. The molecule has 96 valence electrons. The Balaban J connectivity index is 1.80. The number of hydrogen-bond acceptors (Lipinski definition) is 5. The number of rotatable bonds is 3. The van der Waals surface area contributed by atoms with Crippen molar-refractivity contribution < 1.29 is 9.63 Å². The summed E-state index contributed by atoms with van der Waals surface area (Å²) in [6, 6.07) is 10.9. The lowest BCUT2D eigenvalue weighted by Gasteiger charge is -1.96. The molecule has 3 rings (SSSR count). The van der Waals surface area contributed by atoms with Crippen molar-refractivity contribution >= 4 is 27.3 Å². The van der Waals surface area contributed by atoms with Gasteiger partial charge >= 0.3 is 0 Å². The maximum atomic E-state index is 9.22. The van der Waals surface area contributed by atoms with E-state index in [2.05, 4.69) is 26.1 Å². The molecular weight excluding hydrogens is 328 g/mol. The minimum atomic E-state index is 0.249. The highest BCUT2D eigenvalue weighted by Gasteiger charge is 2.11. The van der Waals surface area contributed by atoms with Gasteiger partial charge in [-0.2, -0.15) is 4.98 Å². The first-order chi connectivity index (χ1) is 9.20. The number of phenols is 1. The fourth-order valence-electron chi connectivity index (χ4n) is 1.65. The summed E-state index contributed by atoms with van der Waals surface area (Å²) < 4.78 is 6.26. The van der Waals surface area contributed by atoms with Crippen molar-refractivity contribution in [2.75, 3.05) is 0 Å². The Labute approximate surface area is 121 Å². The molecule has 1 aromatic carbocycles. The third kappa shape index (κ3) is 2.85. The molecule has 0 radical (unpaired) electrons. The zero-order chi connectivity index (χ0) is 13.2. The van der Waals surface area contributed by atoms with Crippen molar-refractivity contribution in [1.82, 2.24) is 10.1 Å². The molecule has 19 heavy (non-hydrogen) atoms. The van der Waals surface area contributed by atoms with Gasteiger partial charge in [0.25, 0.3) is 0 Å². The van der Waals surface area contributed by atoms with E-state index in [1.54, 1.807) is 23.5 Å². The summed E-state index contributed by atoms with van der Waals surface area (Å²) in [5.74, 6) is 1.41. The molecule has 0 aliphatic heterocycles. The highest BCUT2D eigenvalue weighted by molar-refractivity contribution is 9.11. The second-order valence-electron chi connectivity index (χ2n) is 3.96. The average molecular weight is 337 g/mol. The van der Waals surface area contributed by atoms with Gasteiger partial charge in [0.15, 0.2) is 0 Å². The summed E-state index contributed by atoms with van der Waals surface area (Å²) in [6.07, 6.45) is 0.555. The van der Waals surface area contributed by atoms with Gasteiger partial charge in [-0.05, 0) is 45.8 Å². The Morgan fingerprint density at radius 1 is 1.16 bits per heavy atom. The molecule has 0 bridgehead atoms. The summed E-state index contributed by atoms with van der Waals surface area (Å²) in [4.78, 5) is 5.33. The van der Waals surface area contributed by atoms with Crippen molar-refractivity contribution in [3.63, 3.8) is 0 Å². The van der Waals surface area contributed by atoms with Crippen LogP contribution in [0.4, 0.5) is 0 Å². The quantitative estimate of drug-likeness (QED) is 0.788. The van der Waals surface area contributed by atoms with Gasteiger partial charge in [-0.25, -0.2) is 0 Å². The van der Waals surface area contributed by atoms with E-state index in [1.807, 2.05) is 24.3 Å². The van der Waals surface area contributed by atoms with Crippen molar-refractivity contribution in [1.29, 1.82) is 0 Å². The standard InChI is InChI=1S/C13H9BrN2O2S/c14-11-6-5-10(19-11)13-15-12(18-16-13)7-8-1-3-9(17)4-2-8/h1-6,17H,7H2. The Bertz CT molecular complexity index is 691. The number of hydrogen-bond donors (Lipinski definition) is 1. The van der Waals surface area contributed by atoms with Crippen LogP contribution >= 0.6 is 27.3 Å². The molecule has 0 saturated carbocycles. The lowest BCUT2D eigenvalue weighted by molar-refractivity contribution is 0.385. The molecule has 1 N–H and O–H groups in total. The van der Waals surface area contributed by atoms with E-state index in [-0.39, 0.29) is 5.75 Å². The second kappa shape index (κ2) is 5.14. The third-order valence-corrected chi connectivity index (χ3v) is 4.17. The molecule has 0 atom stereocenters. The first-order valence-corrected chi connectivity index (χ1v) is 7.18. The van der Waals surface area contributed by atoms with Crippen molar-refractivity contribution in [3.05, 3.63) is 51.6 Å². The van der Waals surface area contributed by atoms with Crippen LogP contribution in [0, 0.1) is 0 Å². The monoisotopic (exact) mass is 336 g/mol. The van der Waals surface area contributed by atoms with E-state index >= 15 is 0 Å². The maximum Gasteiger partial charge on any atom is 0.231 e. The van der Waals surface area contributed by atoms with Crippen LogP contribution in [-0.4, -0.2) is 15.2 Å². The fourth-order valence-corrected chi connectivity index (χ4v) is 2.96. The zero-order valence-corrected chi connectivity index (χ0v) is 12.1. The fraction of sp³-hybridized carbons (Fsp3) is 0.0769. The zero-order valence-electron chi connectivity index (χ0n) is 9.71. The summed E-state index contributed by atoms with van der Waals surface area (Å²) in [5.41, 5.74) is 1.01. The highest BCUT2D eigenvalue weighted by Crippen LogP contribution is 2.29. The molecule has 0 aliphatic carbocycles. The molecule has 3 aromatic rings. The number of thiophene rings is 1. The summed E-state index contributed by atoms with van der Waals surface area (Å²) in [5, 5.41) is 13.2. The van der Waals surface area contributed by atoms with Crippen molar-refractivity contribution in [2.24, 2.45) is 0 Å². The summed E-state index contributed by atoms with van der Waals surface area (Å²) in [7, 11) is 0. The number of nitrogens with zero attached hydrogens (tertiary/aromatic N) is 2. The molecular formula is C13H9BrN2O2S. The molecule has 0 spiro atoms. The van der Waals surface area contributed by atoms with E-state index in [4.69, 9.17) is 4.52 Å². The molecule has 2 heterocycles. The highest BCUT2D eigenvalue weighted by atomic mass is 79.9. The second-order valence-corrected chi connectivity index (χ2v) is 6.42. The van der Waals surface area contributed by atoms with Crippen LogP contribution in [0.15, 0.2) is 44.7 Å². The minimum Gasteiger partial charge on any atom is -0.508 e. The normalized spacial score (nSPS) is 10.8. The number of phenolic OH excluding ortho intramolecular Hbond substituents is 1. The molecule has 0 unspecified atom stereocenters. The van der Waals surface area contributed by atoms with Crippen LogP contribution in [0.25, 0.3) is 10.7 Å². The van der Waals surface area contributed by atoms with Crippen LogP contribution in [-0.2, 0) is 6.42 Å². The lowest BCUT2D eigenvalue weighted by Crippen LogP contribution is -1.87. The van der Waals surface area contributed by atoms with E-state index < -0.39 is 0 Å². The Morgan fingerprint density at radius 2 is 1.95 bits per heavy atom. The van der Waals surface area contributed by atoms with E-state index in [0.29, 0.717) is 18.1 Å². The van der Waals surface area contributed by atoms with E-state index in [9.17, 15) is 5.11 Å². The third-order valence-electron chi connectivity index (χ3n) is 2.55. The van der Waals surface area contributed by atoms with Gasteiger partial charge in [0.2, 0.25) is 11.7 Å². The van der Waals surface area contributed by atoms with Crippen molar-refractivity contribution in [3.8, 4) is 16.5 Å². The first-order valence-electron chi connectivity index (χ1n) is 5.57. The molecule has 0 amide bonds. The average Bonchev–Trinajstić information content (AvgIpc) is 3.01. The largest absolute Gasteiger partial charge is 0.508 e. The first kappa shape index (κ1) is 12.4. The molecule has 6 heteroatoms. The van der Waals surface area contributed by atoms with Crippen LogP contribution in [0.1, 0.15) is 11.5 Å². The topological polar surface area (TPSA) is 59.2 Å². The molecule has 0 fully saturated rings. The van der Waals surface area contributed by atoms with Gasteiger partial charge in [-0.1, -0.05) is 17.3 Å². The van der Waals surface area contributed by atoms with Gasteiger partial charge in [-0.15, -0.1) is 11.3 Å². The van der Waals surface area contributed by atoms with Crippen LogP contribution in [0.5, 0.6) is 5.75 Å². The van der Waals surface area contributed by atoms with Crippen molar-refractivity contribution in [2.45, 2.75) is 6.42 Å². The lowest BCUT2D eigenvalue weighted by atomic mass is 10.1. The number of benzene rings is 1. The number of halogens is 1. The summed E-state index contributed by atoms with van der Waals surface area (Å²) >= 11 is 4.97. The summed E-state index contributed by atoms with van der Waals surface area (Å²) in [6.45, 7) is 0. The molecule has 0 aliphatic rings. The van der Waals surface area contributed by atoms with Gasteiger partial charge in [0.1, 0.15) is 5.75 Å². The Kier molecular flexibility index (Phi) is 3.35. The Hall–Kier alpha value is -1.66. The van der Waals surface area contributed by atoms with Crippen LogP contribution < -0.4 is 0 Å². The van der Waals surface area contributed by atoms with Crippen LogP contribution in [0.3, 0.4) is 0 Å². The predicted molar refractivity (Wildman–Crippen MR) is 76.2 cm³/mol. The SMILES string of the molecule is Oc1ccc(Cc2nc(-c3ccc(Br)s3)no2)cc1. The smallest absolute Gasteiger partial charge is 0.231 e. The predicted octanol–water partition coefficient (Wildman–Crippen LogP) is 3.86. The molecule has 0 saturated heterocycles. The Morgan fingerprint density at radius 3 is 2.63 bits per heavy atom. The number of aromatic hydroxyl groups is 1. The van der Waals surface area contributed by atoms with E-state index in [1.165, 1.54) is 0 Å².